The van der Waals surface area contributed by atoms with E-state index in [0.29, 0.717) is 26.3 Å². The molecule has 0 aliphatic carbocycles. The Bertz CT molecular complexity index is 1310. The van der Waals surface area contributed by atoms with Crippen molar-refractivity contribution in [2.45, 2.75) is 62.9 Å². The minimum absolute atomic E-state index is 0.0152. The van der Waals surface area contributed by atoms with Gasteiger partial charge < -0.3 is 19.2 Å². The van der Waals surface area contributed by atoms with Crippen molar-refractivity contribution >= 4 is 24.8 Å². The molecule has 3 aromatic rings. The van der Waals surface area contributed by atoms with E-state index in [1.54, 1.807) is 0 Å². The summed E-state index contributed by atoms with van der Waals surface area (Å²) >= 11 is 0. The van der Waals surface area contributed by atoms with Crippen LogP contribution in [0.5, 0.6) is 0 Å². The standard InChI is InChI=1S/C34H41N3O4Si/c1-33(2,3)42(29-15-9-5-10-16-29,30-17-11-6-12-18-30)41-31-24-39-26-34(31,25-35)37-21-19-28(20-22-37)36-32(38)40-23-27-13-7-4-8-14-27/h4-18,28,31H,19-24,26H2,1-3H3,(H,36,38)/t31-,34-/m0/s1. The van der Waals surface area contributed by atoms with E-state index < -0.39 is 26.1 Å². The molecule has 1 N–H and O–H groups in total. The summed E-state index contributed by atoms with van der Waals surface area (Å²) in [6.07, 6.45) is 0.601. The zero-order valence-corrected chi connectivity index (χ0v) is 25.8. The van der Waals surface area contributed by atoms with Gasteiger partial charge in [-0.1, -0.05) is 112 Å². The summed E-state index contributed by atoms with van der Waals surface area (Å²) in [6, 6.07) is 33.3. The summed E-state index contributed by atoms with van der Waals surface area (Å²) in [5.41, 5.74) is 0.0397. The first-order valence-corrected chi connectivity index (χ1v) is 16.7. The Labute approximate surface area is 250 Å². The van der Waals surface area contributed by atoms with Crippen molar-refractivity contribution in [2.24, 2.45) is 0 Å². The number of amides is 1. The minimum Gasteiger partial charge on any atom is -0.445 e. The fourth-order valence-electron chi connectivity index (χ4n) is 6.41. The second-order valence-electron chi connectivity index (χ2n) is 12.3. The summed E-state index contributed by atoms with van der Waals surface area (Å²) in [6.45, 7) is 8.95. The smallest absolute Gasteiger partial charge is 0.407 e. The van der Waals surface area contributed by atoms with E-state index in [4.69, 9.17) is 13.9 Å². The van der Waals surface area contributed by atoms with Gasteiger partial charge in [0, 0.05) is 19.1 Å². The number of rotatable bonds is 8. The molecule has 2 atom stereocenters. The summed E-state index contributed by atoms with van der Waals surface area (Å²) in [4.78, 5) is 14.7. The van der Waals surface area contributed by atoms with E-state index >= 15 is 0 Å². The number of piperidine rings is 1. The van der Waals surface area contributed by atoms with Gasteiger partial charge in [-0.25, -0.2) is 4.79 Å². The molecule has 2 aliphatic heterocycles. The molecule has 1 amide bonds. The number of carbonyl (C=O) groups is 1. The maximum absolute atomic E-state index is 12.5. The lowest BCUT2D eigenvalue weighted by Crippen LogP contribution is -2.71. The van der Waals surface area contributed by atoms with E-state index in [9.17, 15) is 10.1 Å². The predicted molar refractivity (Wildman–Crippen MR) is 166 cm³/mol. The summed E-state index contributed by atoms with van der Waals surface area (Å²) < 4.78 is 18.9. The Morgan fingerprint density at radius 2 is 1.52 bits per heavy atom. The zero-order chi connectivity index (χ0) is 29.6. The highest BCUT2D eigenvalue weighted by molar-refractivity contribution is 6.99. The Kier molecular flexibility index (Phi) is 9.14. The molecule has 0 aromatic heterocycles. The van der Waals surface area contributed by atoms with E-state index in [1.807, 2.05) is 42.5 Å². The van der Waals surface area contributed by atoms with E-state index in [-0.39, 0.29) is 17.7 Å². The van der Waals surface area contributed by atoms with Crippen LogP contribution in [0, 0.1) is 11.3 Å². The Hall–Kier alpha value is -3.48. The molecule has 42 heavy (non-hydrogen) atoms. The highest BCUT2D eigenvalue weighted by atomic mass is 28.4. The third-order valence-corrected chi connectivity index (χ3v) is 13.7. The summed E-state index contributed by atoms with van der Waals surface area (Å²) in [7, 11) is -2.89. The Morgan fingerprint density at radius 3 is 2.05 bits per heavy atom. The van der Waals surface area contributed by atoms with Gasteiger partial charge in [0.25, 0.3) is 8.32 Å². The van der Waals surface area contributed by atoms with Crippen LogP contribution in [0.2, 0.25) is 5.04 Å². The second kappa shape index (κ2) is 12.8. The van der Waals surface area contributed by atoms with Gasteiger partial charge >= 0.3 is 6.09 Å². The molecule has 0 bridgehead atoms. The number of likely N-dealkylation sites (tertiary alicyclic amines) is 1. The molecule has 3 aromatic carbocycles. The molecule has 8 heteroatoms. The number of ether oxygens (including phenoxy) is 2. The second-order valence-corrected chi connectivity index (χ2v) is 16.5. The molecule has 5 rings (SSSR count). The normalized spacial score (nSPS) is 21.9. The van der Waals surface area contributed by atoms with Gasteiger partial charge in [-0.3, -0.25) is 4.90 Å². The number of nitrogens with zero attached hydrogens (tertiary/aromatic N) is 2. The van der Waals surface area contributed by atoms with Crippen molar-refractivity contribution in [3.05, 3.63) is 96.6 Å². The monoisotopic (exact) mass is 583 g/mol. The van der Waals surface area contributed by atoms with Crippen LogP contribution in [0.25, 0.3) is 0 Å². The molecule has 220 valence electrons. The Morgan fingerprint density at radius 1 is 0.976 bits per heavy atom. The van der Waals surface area contributed by atoms with Crippen LogP contribution >= 0.6 is 0 Å². The fraction of sp³-hybridized carbons (Fsp3) is 0.412. The quantitative estimate of drug-likeness (QED) is 0.390. The van der Waals surface area contributed by atoms with Gasteiger partial charge in [-0.2, -0.15) is 5.26 Å². The number of hydrogen-bond acceptors (Lipinski definition) is 6. The Balaban J connectivity index is 1.33. The zero-order valence-electron chi connectivity index (χ0n) is 24.8. The maximum atomic E-state index is 12.5. The predicted octanol–water partition coefficient (Wildman–Crippen LogP) is 4.61. The summed E-state index contributed by atoms with van der Waals surface area (Å²) in [5, 5.41) is 15.9. The maximum Gasteiger partial charge on any atom is 0.407 e. The molecule has 0 radical (unpaired) electrons. The highest BCUT2D eigenvalue weighted by Gasteiger charge is 2.58. The van der Waals surface area contributed by atoms with Crippen LogP contribution in [0.3, 0.4) is 0 Å². The van der Waals surface area contributed by atoms with Crippen molar-refractivity contribution in [1.29, 1.82) is 5.26 Å². The largest absolute Gasteiger partial charge is 0.445 e. The van der Waals surface area contributed by atoms with Crippen LogP contribution in [0.15, 0.2) is 91.0 Å². The molecule has 0 saturated carbocycles. The SMILES string of the molecule is CC(C)(C)[Si](O[C@H]1COC[C@]1(C#N)N1CCC(NC(=O)OCc2ccccc2)CC1)(c1ccccc1)c1ccccc1. The molecule has 2 aliphatic rings. The number of nitriles is 1. The van der Waals surface area contributed by atoms with Crippen molar-refractivity contribution in [1.82, 2.24) is 10.2 Å². The highest BCUT2D eigenvalue weighted by Crippen LogP contribution is 2.41. The van der Waals surface area contributed by atoms with E-state index in [0.717, 1.165) is 18.4 Å². The number of benzene rings is 3. The van der Waals surface area contributed by atoms with E-state index in [1.165, 1.54) is 10.4 Å². The number of carbonyl (C=O) groups excluding carboxylic acids is 1. The molecule has 2 heterocycles. The lowest BCUT2D eigenvalue weighted by Gasteiger charge is -2.48. The first-order valence-electron chi connectivity index (χ1n) is 14.8. The molecular formula is C34H41N3O4Si. The molecule has 0 spiro atoms. The molecule has 2 fully saturated rings. The third kappa shape index (κ3) is 6.01. The molecule has 7 nitrogen and oxygen atoms in total. The van der Waals surface area contributed by atoms with Crippen LogP contribution < -0.4 is 15.7 Å². The van der Waals surface area contributed by atoms with Crippen LogP contribution in [-0.4, -0.2) is 63.3 Å². The fourth-order valence-corrected chi connectivity index (χ4v) is 11.1. The van der Waals surface area contributed by atoms with Gasteiger partial charge in [-0.05, 0) is 33.8 Å². The van der Waals surface area contributed by atoms with Gasteiger partial charge in [0.1, 0.15) is 12.7 Å². The lowest BCUT2D eigenvalue weighted by molar-refractivity contribution is 0.0269. The lowest BCUT2D eigenvalue weighted by atomic mass is 9.91. The number of nitrogens with one attached hydrogen (secondary N) is 1. The van der Waals surface area contributed by atoms with Gasteiger partial charge in [-0.15, -0.1) is 0 Å². The van der Waals surface area contributed by atoms with Gasteiger partial charge in [0.2, 0.25) is 0 Å². The molecular weight excluding hydrogens is 542 g/mol. The number of hydrogen-bond donors (Lipinski definition) is 1. The molecule has 0 unspecified atom stereocenters. The van der Waals surface area contributed by atoms with E-state index in [2.05, 4.69) is 85.6 Å². The topological polar surface area (TPSA) is 83.8 Å². The third-order valence-electron chi connectivity index (χ3n) is 8.65. The van der Waals surface area contributed by atoms with Crippen LogP contribution in [-0.2, 0) is 20.5 Å². The van der Waals surface area contributed by atoms with Gasteiger partial charge in [0.05, 0.1) is 19.3 Å². The minimum atomic E-state index is -2.89. The molecule has 2 saturated heterocycles. The average molecular weight is 584 g/mol. The summed E-state index contributed by atoms with van der Waals surface area (Å²) in [5.74, 6) is 0. The van der Waals surface area contributed by atoms with Gasteiger partial charge in [0.15, 0.2) is 5.54 Å². The first kappa shape index (κ1) is 30.0. The number of alkyl carbamates (subject to hydrolysis) is 1. The van der Waals surface area contributed by atoms with Crippen molar-refractivity contribution in [2.75, 3.05) is 26.3 Å². The average Bonchev–Trinajstić information content (AvgIpc) is 3.43. The van der Waals surface area contributed by atoms with Crippen LogP contribution in [0.1, 0.15) is 39.2 Å². The van der Waals surface area contributed by atoms with Crippen LogP contribution in [0.4, 0.5) is 4.79 Å². The van der Waals surface area contributed by atoms with Crippen molar-refractivity contribution in [3.8, 4) is 6.07 Å². The van der Waals surface area contributed by atoms with Crippen molar-refractivity contribution < 1.29 is 18.7 Å². The first-order chi connectivity index (χ1) is 20.3. The van der Waals surface area contributed by atoms with Crippen molar-refractivity contribution in [3.63, 3.8) is 0 Å².